The number of fused-ring (bicyclic) bond motifs is 4. The van der Waals surface area contributed by atoms with Crippen LogP contribution >= 0.6 is 0 Å². The zero-order valence-electron chi connectivity index (χ0n) is 12.2. The van der Waals surface area contributed by atoms with Crippen molar-refractivity contribution in [3.63, 3.8) is 0 Å². The molecular weight excluding hydrogens is 234 g/mol. The van der Waals surface area contributed by atoms with Crippen molar-refractivity contribution in [2.24, 2.45) is 10.9 Å². The van der Waals surface area contributed by atoms with Gasteiger partial charge < -0.3 is 4.74 Å². The lowest BCUT2D eigenvalue weighted by atomic mass is 9.64. The second-order valence-corrected chi connectivity index (χ2v) is 6.11. The minimum absolute atomic E-state index is 0.123. The molecule has 2 bridgehead atoms. The molecule has 0 heterocycles. The SMILES string of the molecule is C/N=C1\C2CCCC[C@]1(C)c1cc(OC)ccc1C2. The van der Waals surface area contributed by atoms with Crippen LogP contribution in [0.1, 0.15) is 43.7 Å². The summed E-state index contributed by atoms with van der Waals surface area (Å²) in [5.74, 6) is 1.62. The molecule has 2 atom stereocenters. The Hall–Kier alpha value is -1.31. The Morgan fingerprint density at radius 2 is 2.16 bits per heavy atom. The van der Waals surface area contributed by atoms with Gasteiger partial charge in [0.25, 0.3) is 0 Å². The van der Waals surface area contributed by atoms with E-state index in [0.717, 1.165) is 12.2 Å². The van der Waals surface area contributed by atoms with Gasteiger partial charge in [0, 0.05) is 24.1 Å². The largest absolute Gasteiger partial charge is 0.497 e. The van der Waals surface area contributed by atoms with Crippen LogP contribution in [0, 0.1) is 5.92 Å². The van der Waals surface area contributed by atoms with Gasteiger partial charge in [0.05, 0.1) is 7.11 Å². The Labute approximate surface area is 115 Å². The Kier molecular flexibility index (Phi) is 3.12. The fourth-order valence-corrected chi connectivity index (χ4v) is 4.12. The van der Waals surface area contributed by atoms with E-state index in [2.05, 4.69) is 25.1 Å². The van der Waals surface area contributed by atoms with E-state index in [-0.39, 0.29) is 5.41 Å². The zero-order valence-corrected chi connectivity index (χ0v) is 12.2. The molecule has 1 aromatic rings. The summed E-state index contributed by atoms with van der Waals surface area (Å²) in [6, 6.07) is 6.60. The molecule has 2 aliphatic carbocycles. The van der Waals surface area contributed by atoms with Gasteiger partial charge in [-0.3, -0.25) is 4.99 Å². The Morgan fingerprint density at radius 3 is 2.89 bits per heavy atom. The normalized spacial score (nSPS) is 31.7. The smallest absolute Gasteiger partial charge is 0.119 e. The van der Waals surface area contributed by atoms with Crippen LogP contribution in [0.4, 0.5) is 0 Å². The lowest BCUT2D eigenvalue weighted by Gasteiger charge is -2.40. The van der Waals surface area contributed by atoms with Crippen molar-refractivity contribution in [2.45, 2.75) is 44.4 Å². The number of ether oxygens (including phenoxy) is 1. The predicted octanol–water partition coefficient (Wildman–Crippen LogP) is 3.77. The van der Waals surface area contributed by atoms with Crippen molar-refractivity contribution in [1.29, 1.82) is 0 Å². The molecule has 2 heteroatoms. The lowest BCUT2D eigenvalue weighted by Crippen LogP contribution is -2.41. The van der Waals surface area contributed by atoms with Crippen LogP contribution in [0.5, 0.6) is 5.75 Å². The van der Waals surface area contributed by atoms with Crippen LogP contribution in [-0.4, -0.2) is 19.9 Å². The Morgan fingerprint density at radius 1 is 1.32 bits per heavy atom. The summed E-state index contributed by atoms with van der Waals surface area (Å²) in [6.07, 6.45) is 6.32. The van der Waals surface area contributed by atoms with Gasteiger partial charge in [-0.15, -0.1) is 0 Å². The molecule has 1 saturated carbocycles. The molecule has 1 aromatic carbocycles. The van der Waals surface area contributed by atoms with Crippen LogP contribution in [0.25, 0.3) is 0 Å². The van der Waals surface area contributed by atoms with E-state index >= 15 is 0 Å². The van der Waals surface area contributed by atoms with E-state index in [0.29, 0.717) is 5.92 Å². The molecule has 0 radical (unpaired) electrons. The molecule has 2 aliphatic rings. The first-order valence-corrected chi connectivity index (χ1v) is 7.33. The molecule has 102 valence electrons. The predicted molar refractivity (Wildman–Crippen MR) is 79.4 cm³/mol. The van der Waals surface area contributed by atoms with Crippen LogP contribution in [0.15, 0.2) is 23.2 Å². The number of methoxy groups -OCH3 is 1. The minimum atomic E-state index is 0.123. The average Bonchev–Trinajstić information content (AvgIpc) is 2.54. The maximum Gasteiger partial charge on any atom is 0.119 e. The van der Waals surface area contributed by atoms with Crippen LogP contribution in [-0.2, 0) is 11.8 Å². The third kappa shape index (κ3) is 1.89. The van der Waals surface area contributed by atoms with E-state index < -0.39 is 0 Å². The van der Waals surface area contributed by atoms with Gasteiger partial charge in [-0.05, 0) is 42.5 Å². The van der Waals surface area contributed by atoms with Crippen molar-refractivity contribution in [2.75, 3.05) is 14.2 Å². The lowest BCUT2D eigenvalue weighted by molar-refractivity contribution is 0.411. The number of rotatable bonds is 1. The van der Waals surface area contributed by atoms with E-state index in [1.165, 1.54) is 42.5 Å². The maximum absolute atomic E-state index is 5.42. The first-order valence-electron chi connectivity index (χ1n) is 7.33. The summed E-state index contributed by atoms with van der Waals surface area (Å²) in [4.78, 5) is 4.69. The van der Waals surface area contributed by atoms with Gasteiger partial charge in [-0.2, -0.15) is 0 Å². The third-order valence-electron chi connectivity index (χ3n) is 5.05. The highest BCUT2D eigenvalue weighted by Gasteiger charge is 2.43. The summed E-state index contributed by atoms with van der Waals surface area (Å²) in [5.41, 5.74) is 4.50. The molecule has 0 saturated heterocycles. The second-order valence-electron chi connectivity index (χ2n) is 6.11. The Balaban J connectivity index is 2.19. The topological polar surface area (TPSA) is 21.6 Å². The molecule has 0 aliphatic heterocycles. The van der Waals surface area contributed by atoms with E-state index in [4.69, 9.17) is 9.73 Å². The first kappa shape index (κ1) is 12.7. The molecule has 0 N–H and O–H groups in total. The molecule has 3 rings (SSSR count). The first-order chi connectivity index (χ1) is 9.19. The van der Waals surface area contributed by atoms with Gasteiger partial charge in [-0.25, -0.2) is 0 Å². The molecule has 1 unspecified atom stereocenters. The fraction of sp³-hybridized carbons (Fsp3) is 0.588. The van der Waals surface area contributed by atoms with Crippen molar-refractivity contribution in [3.05, 3.63) is 29.3 Å². The fourth-order valence-electron chi connectivity index (χ4n) is 4.12. The number of nitrogens with zero attached hydrogens (tertiary/aromatic N) is 1. The van der Waals surface area contributed by atoms with E-state index in [1.807, 2.05) is 7.05 Å². The van der Waals surface area contributed by atoms with Gasteiger partial charge in [-0.1, -0.05) is 25.8 Å². The van der Waals surface area contributed by atoms with Crippen LogP contribution < -0.4 is 4.74 Å². The molecule has 0 amide bonds. The average molecular weight is 257 g/mol. The van der Waals surface area contributed by atoms with Crippen molar-refractivity contribution >= 4 is 5.71 Å². The van der Waals surface area contributed by atoms with Crippen LogP contribution in [0.3, 0.4) is 0 Å². The molecular formula is C17H23NO. The standard InChI is InChI=1S/C17H23NO/c1-17-9-5-4-6-13(16(17)18-2)10-12-7-8-14(19-3)11-15(12)17/h7-8,11,13H,4-6,9-10H2,1-3H3/b18-16+/t13?,17-/m1/s1. The molecule has 0 aromatic heterocycles. The monoisotopic (exact) mass is 257 g/mol. The van der Waals surface area contributed by atoms with Gasteiger partial charge >= 0.3 is 0 Å². The highest BCUT2D eigenvalue weighted by Crippen LogP contribution is 2.46. The van der Waals surface area contributed by atoms with Gasteiger partial charge in [0.15, 0.2) is 0 Å². The quantitative estimate of drug-likeness (QED) is 0.750. The summed E-state index contributed by atoms with van der Waals surface area (Å²) in [7, 11) is 3.72. The summed E-state index contributed by atoms with van der Waals surface area (Å²) < 4.78 is 5.42. The highest BCUT2D eigenvalue weighted by molar-refractivity contribution is 5.98. The van der Waals surface area contributed by atoms with Gasteiger partial charge in [0.2, 0.25) is 0 Å². The van der Waals surface area contributed by atoms with E-state index in [1.54, 1.807) is 7.11 Å². The minimum Gasteiger partial charge on any atom is -0.497 e. The van der Waals surface area contributed by atoms with Crippen molar-refractivity contribution in [3.8, 4) is 5.75 Å². The molecule has 2 nitrogen and oxygen atoms in total. The summed E-state index contributed by atoms with van der Waals surface area (Å²) in [5, 5.41) is 0. The molecule has 1 fully saturated rings. The Bertz CT molecular complexity index is 520. The number of aliphatic imine (C=N–C) groups is 1. The highest BCUT2D eigenvalue weighted by atomic mass is 16.5. The van der Waals surface area contributed by atoms with E-state index in [9.17, 15) is 0 Å². The maximum atomic E-state index is 5.42. The summed E-state index contributed by atoms with van der Waals surface area (Å²) >= 11 is 0. The molecule has 19 heavy (non-hydrogen) atoms. The van der Waals surface area contributed by atoms with Gasteiger partial charge in [0.1, 0.15) is 5.75 Å². The number of benzene rings is 1. The molecule has 0 spiro atoms. The number of hydrogen-bond acceptors (Lipinski definition) is 2. The van der Waals surface area contributed by atoms with Crippen molar-refractivity contribution in [1.82, 2.24) is 0 Å². The van der Waals surface area contributed by atoms with Crippen molar-refractivity contribution < 1.29 is 4.74 Å². The third-order valence-corrected chi connectivity index (χ3v) is 5.05. The number of hydrogen-bond donors (Lipinski definition) is 0. The zero-order chi connectivity index (χ0) is 13.5. The summed E-state index contributed by atoms with van der Waals surface area (Å²) in [6.45, 7) is 2.38. The van der Waals surface area contributed by atoms with Crippen LogP contribution in [0.2, 0.25) is 0 Å². The second kappa shape index (κ2) is 4.66.